The number of aryl methyl sites for hydroxylation is 4. The zero-order valence-electron chi connectivity index (χ0n) is 32.3. The molecule has 2 aliphatic rings. The second kappa shape index (κ2) is 19.4. The van der Waals surface area contributed by atoms with Crippen LogP contribution in [0.1, 0.15) is 61.3 Å². The number of hydrogen-bond acceptors (Lipinski definition) is 9. The molecular formula is C43H56N6O5. The molecule has 288 valence electrons. The number of rotatable bonds is 10. The average Bonchev–Trinajstić information content (AvgIpc) is 3.20. The maximum Gasteiger partial charge on any atom is 0.410 e. The highest BCUT2D eigenvalue weighted by Gasteiger charge is 2.26. The van der Waals surface area contributed by atoms with E-state index in [4.69, 9.17) is 14.9 Å². The van der Waals surface area contributed by atoms with Gasteiger partial charge < -0.3 is 34.5 Å². The van der Waals surface area contributed by atoms with Crippen molar-refractivity contribution >= 4 is 23.4 Å². The number of amides is 2. The molecule has 2 N–H and O–H groups in total. The number of aliphatic hydroxyl groups excluding tert-OH is 2. The van der Waals surface area contributed by atoms with Crippen LogP contribution in [0.15, 0.2) is 85.2 Å². The minimum absolute atomic E-state index is 0.0787. The van der Waals surface area contributed by atoms with Gasteiger partial charge >= 0.3 is 6.09 Å². The molecule has 0 spiro atoms. The largest absolute Gasteiger partial charge is 0.444 e. The van der Waals surface area contributed by atoms with Crippen LogP contribution in [0, 0.1) is 0 Å². The van der Waals surface area contributed by atoms with E-state index in [0.717, 1.165) is 98.8 Å². The van der Waals surface area contributed by atoms with Crippen molar-refractivity contribution in [2.75, 3.05) is 62.2 Å². The number of aliphatic hydroxyl groups is 2. The second-order valence-corrected chi connectivity index (χ2v) is 14.9. The molecule has 54 heavy (non-hydrogen) atoms. The maximum absolute atomic E-state index is 12.2. The topological polar surface area (TPSA) is 123 Å². The molecular weight excluding hydrogens is 681 g/mol. The molecule has 11 nitrogen and oxygen atoms in total. The summed E-state index contributed by atoms with van der Waals surface area (Å²) in [6.45, 7) is 13.6. The summed E-state index contributed by atoms with van der Waals surface area (Å²) in [6, 6.07) is 24.5. The van der Waals surface area contributed by atoms with E-state index in [-0.39, 0.29) is 25.2 Å². The smallest absolute Gasteiger partial charge is 0.410 e. The summed E-state index contributed by atoms with van der Waals surface area (Å²) in [5.41, 5.74) is 8.26. The predicted octanol–water partition coefficient (Wildman–Crippen LogP) is 5.44. The molecule has 2 amide bonds. The Balaban J connectivity index is 0.000000210. The normalized spacial score (nSPS) is 14.7. The van der Waals surface area contributed by atoms with Gasteiger partial charge in [-0.25, -0.2) is 4.79 Å². The van der Waals surface area contributed by atoms with E-state index in [1.54, 1.807) is 11.8 Å². The minimum Gasteiger partial charge on any atom is -0.444 e. The lowest BCUT2D eigenvalue weighted by Crippen LogP contribution is -2.50. The van der Waals surface area contributed by atoms with E-state index < -0.39 is 5.60 Å². The van der Waals surface area contributed by atoms with Gasteiger partial charge in [-0.15, -0.1) is 0 Å². The monoisotopic (exact) mass is 736 g/mol. The molecule has 0 radical (unpaired) electrons. The van der Waals surface area contributed by atoms with E-state index in [2.05, 4.69) is 68.3 Å². The van der Waals surface area contributed by atoms with Crippen LogP contribution in [0.2, 0.25) is 0 Å². The van der Waals surface area contributed by atoms with Gasteiger partial charge in [0.15, 0.2) is 0 Å². The van der Waals surface area contributed by atoms with Crippen LogP contribution in [-0.4, -0.2) is 99.9 Å². The first-order valence-electron chi connectivity index (χ1n) is 19.0. The van der Waals surface area contributed by atoms with Crippen molar-refractivity contribution < 1.29 is 24.5 Å². The SMILES string of the molecule is CC(=O)N1CCN(c2ccc(CCc3ccc(CO)cc3)nc2)CC1.CC(C)(C)OC(=O)N1CCN(c2ccc(CCc3ccc(CO)cc3)nc2)CC1. The van der Waals surface area contributed by atoms with Gasteiger partial charge in [-0.2, -0.15) is 0 Å². The van der Waals surface area contributed by atoms with Crippen molar-refractivity contribution in [3.05, 3.63) is 119 Å². The summed E-state index contributed by atoms with van der Waals surface area (Å²) in [4.78, 5) is 41.0. The molecule has 2 fully saturated rings. The molecule has 0 unspecified atom stereocenters. The number of piperazine rings is 2. The number of ether oxygens (including phenoxy) is 1. The van der Waals surface area contributed by atoms with Crippen LogP contribution in [0.5, 0.6) is 0 Å². The van der Waals surface area contributed by atoms with E-state index in [0.29, 0.717) is 13.1 Å². The lowest BCUT2D eigenvalue weighted by Gasteiger charge is -2.36. The number of aromatic nitrogens is 2. The number of pyridine rings is 2. The Morgan fingerprint density at radius 1 is 0.574 bits per heavy atom. The third-order valence-electron chi connectivity index (χ3n) is 9.76. The number of carbonyl (C=O) groups is 2. The zero-order valence-corrected chi connectivity index (χ0v) is 32.3. The maximum atomic E-state index is 12.2. The number of carbonyl (C=O) groups excluding carboxylic acids is 2. The molecule has 0 bridgehead atoms. The molecule has 4 heterocycles. The predicted molar refractivity (Wildman–Crippen MR) is 213 cm³/mol. The fraction of sp³-hybridized carbons (Fsp3) is 0.442. The van der Waals surface area contributed by atoms with Crippen molar-refractivity contribution in [2.45, 2.75) is 72.2 Å². The van der Waals surface area contributed by atoms with Crippen LogP contribution in [0.25, 0.3) is 0 Å². The molecule has 0 atom stereocenters. The molecule has 2 aliphatic heterocycles. The fourth-order valence-electron chi connectivity index (χ4n) is 6.42. The van der Waals surface area contributed by atoms with Gasteiger partial charge in [0.1, 0.15) is 5.60 Å². The Hall–Kier alpha value is -5.00. The Morgan fingerprint density at radius 2 is 0.963 bits per heavy atom. The third-order valence-corrected chi connectivity index (χ3v) is 9.76. The highest BCUT2D eigenvalue weighted by Crippen LogP contribution is 2.19. The highest BCUT2D eigenvalue weighted by atomic mass is 16.6. The number of hydrogen-bond donors (Lipinski definition) is 2. The fourth-order valence-corrected chi connectivity index (χ4v) is 6.42. The number of benzene rings is 2. The van der Waals surface area contributed by atoms with Gasteiger partial charge in [-0.3, -0.25) is 14.8 Å². The molecule has 6 rings (SSSR count). The van der Waals surface area contributed by atoms with Gasteiger partial charge in [0.05, 0.1) is 37.0 Å². The first kappa shape index (κ1) is 40.2. The van der Waals surface area contributed by atoms with Gasteiger partial charge in [0.25, 0.3) is 0 Å². The molecule has 2 aromatic heterocycles. The van der Waals surface area contributed by atoms with Crippen LogP contribution < -0.4 is 9.80 Å². The number of nitrogens with zero attached hydrogens (tertiary/aromatic N) is 6. The van der Waals surface area contributed by atoms with E-state index in [9.17, 15) is 9.59 Å². The molecule has 11 heteroatoms. The van der Waals surface area contributed by atoms with Crippen molar-refractivity contribution in [1.82, 2.24) is 19.8 Å². The Morgan fingerprint density at radius 3 is 1.30 bits per heavy atom. The van der Waals surface area contributed by atoms with Gasteiger partial charge in [0, 0.05) is 70.7 Å². The molecule has 2 saturated heterocycles. The molecule has 2 aromatic carbocycles. The quantitative estimate of drug-likeness (QED) is 0.219. The third kappa shape index (κ3) is 12.3. The van der Waals surface area contributed by atoms with E-state index >= 15 is 0 Å². The lowest BCUT2D eigenvalue weighted by molar-refractivity contribution is -0.129. The Labute approximate surface area is 320 Å². The van der Waals surface area contributed by atoms with Crippen LogP contribution >= 0.6 is 0 Å². The standard InChI is InChI=1S/C23H31N3O3.C20H25N3O2/c1-23(2,3)29-22(28)26-14-12-25(13-15-26)21-11-10-20(24-16-21)9-8-18-4-6-19(17-27)7-5-18;1-16(25)22-10-12-23(13-11-22)20-9-8-19(21-14-20)7-6-17-2-4-18(15-24)5-3-17/h4-7,10-11,16,27H,8-9,12-15,17H2,1-3H3;2-5,8-9,14,24H,6-7,10-13,15H2,1H3. The lowest BCUT2D eigenvalue weighted by atomic mass is 10.1. The number of anilines is 2. The molecule has 0 saturated carbocycles. The highest BCUT2D eigenvalue weighted by molar-refractivity contribution is 5.73. The molecule has 0 aliphatic carbocycles. The van der Waals surface area contributed by atoms with Crippen LogP contribution in [-0.2, 0) is 48.4 Å². The Bertz CT molecular complexity index is 1740. The van der Waals surface area contributed by atoms with Gasteiger partial charge in [-0.05, 0) is 93.0 Å². The second-order valence-electron chi connectivity index (χ2n) is 14.9. The summed E-state index contributed by atoms with van der Waals surface area (Å²) in [5, 5.41) is 18.2. The van der Waals surface area contributed by atoms with Crippen molar-refractivity contribution in [1.29, 1.82) is 0 Å². The summed E-state index contributed by atoms with van der Waals surface area (Å²) < 4.78 is 5.45. The van der Waals surface area contributed by atoms with Crippen LogP contribution in [0.3, 0.4) is 0 Å². The zero-order chi connectivity index (χ0) is 38.5. The van der Waals surface area contributed by atoms with Crippen molar-refractivity contribution in [3.63, 3.8) is 0 Å². The minimum atomic E-state index is -0.463. The summed E-state index contributed by atoms with van der Waals surface area (Å²) in [6.07, 6.45) is 7.27. The summed E-state index contributed by atoms with van der Waals surface area (Å²) >= 11 is 0. The first-order valence-corrected chi connectivity index (χ1v) is 19.0. The van der Waals surface area contributed by atoms with Crippen molar-refractivity contribution in [3.8, 4) is 0 Å². The van der Waals surface area contributed by atoms with E-state index in [1.807, 2.05) is 62.3 Å². The summed E-state index contributed by atoms with van der Waals surface area (Å²) in [5.74, 6) is 0.153. The van der Waals surface area contributed by atoms with Crippen molar-refractivity contribution in [2.24, 2.45) is 0 Å². The van der Waals surface area contributed by atoms with E-state index in [1.165, 1.54) is 11.1 Å². The van der Waals surface area contributed by atoms with Crippen LogP contribution in [0.4, 0.5) is 16.2 Å². The first-order chi connectivity index (χ1) is 26.0. The Kier molecular flexibility index (Phi) is 14.4. The molecule has 4 aromatic rings. The summed E-state index contributed by atoms with van der Waals surface area (Å²) in [7, 11) is 0. The van der Waals surface area contributed by atoms with Gasteiger partial charge in [-0.1, -0.05) is 48.5 Å². The van der Waals surface area contributed by atoms with Gasteiger partial charge in [0.2, 0.25) is 5.91 Å². The average molecular weight is 737 g/mol.